The summed E-state index contributed by atoms with van der Waals surface area (Å²) in [6, 6.07) is 17.2. The average Bonchev–Trinajstić information content (AvgIpc) is 3.21. The third kappa shape index (κ3) is 4.22. The van der Waals surface area contributed by atoms with E-state index in [9.17, 15) is 14.7 Å². The zero-order chi connectivity index (χ0) is 24.7. The molecule has 2 N–H and O–H groups in total. The molecule has 0 atom stereocenters. The zero-order valence-electron chi connectivity index (χ0n) is 18.5. The molecule has 0 bridgehead atoms. The van der Waals surface area contributed by atoms with Crippen molar-refractivity contribution in [3.63, 3.8) is 0 Å². The summed E-state index contributed by atoms with van der Waals surface area (Å²) >= 11 is 12.2. The van der Waals surface area contributed by atoms with E-state index < -0.39 is 11.7 Å². The van der Waals surface area contributed by atoms with Gasteiger partial charge in [0.25, 0.3) is 11.7 Å². The third-order valence-corrected chi connectivity index (χ3v) is 6.54. The first-order valence-corrected chi connectivity index (χ1v) is 11.5. The Labute approximate surface area is 210 Å². The Morgan fingerprint density at radius 2 is 1.69 bits per heavy atom. The van der Waals surface area contributed by atoms with Crippen molar-refractivity contribution < 1.29 is 14.7 Å². The van der Waals surface area contributed by atoms with E-state index in [4.69, 9.17) is 23.2 Å². The molecule has 0 spiro atoms. The monoisotopic (exact) mass is 503 g/mol. The second-order valence-corrected chi connectivity index (χ2v) is 9.05. The molecule has 174 valence electrons. The van der Waals surface area contributed by atoms with Crippen molar-refractivity contribution in [2.45, 2.75) is 13.5 Å². The molecule has 0 fully saturated rings. The van der Waals surface area contributed by atoms with E-state index in [1.165, 1.54) is 12.4 Å². The normalized spacial score (nSPS) is 11.2. The highest BCUT2D eigenvalue weighted by molar-refractivity contribution is 6.50. The van der Waals surface area contributed by atoms with Crippen LogP contribution < -0.4 is 5.32 Å². The zero-order valence-corrected chi connectivity index (χ0v) is 20.1. The number of benzene rings is 3. The second kappa shape index (κ2) is 9.06. The minimum atomic E-state index is -0.899. The van der Waals surface area contributed by atoms with E-state index >= 15 is 0 Å². The van der Waals surface area contributed by atoms with E-state index in [0.29, 0.717) is 17.4 Å². The number of hydrogen-bond acceptors (Lipinski definition) is 4. The molecule has 2 aromatic heterocycles. The third-order valence-electron chi connectivity index (χ3n) is 5.96. The van der Waals surface area contributed by atoms with E-state index in [2.05, 4.69) is 28.5 Å². The molecule has 8 heteroatoms. The molecule has 5 aromatic rings. The van der Waals surface area contributed by atoms with Gasteiger partial charge in [0.1, 0.15) is 5.75 Å². The summed E-state index contributed by atoms with van der Waals surface area (Å²) in [5.74, 6) is -1.66. The fourth-order valence-corrected chi connectivity index (χ4v) is 4.68. The number of ketones is 1. The number of halogens is 2. The summed E-state index contributed by atoms with van der Waals surface area (Å²) in [5.41, 5.74) is 2.85. The predicted molar refractivity (Wildman–Crippen MR) is 139 cm³/mol. The molecule has 0 aliphatic carbocycles. The van der Waals surface area contributed by atoms with Crippen LogP contribution in [0, 0.1) is 6.92 Å². The largest absolute Gasteiger partial charge is 0.506 e. The van der Waals surface area contributed by atoms with Crippen molar-refractivity contribution in [1.82, 2.24) is 9.55 Å². The Balaban J connectivity index is 1.55. The molecule has 0 saturated heterocycles. The number of fused-ring (bicyclic) bond motifs is 2. The number of hydrogen-bond donors (Lipinski definition) is 2. The fraction of sp³-hybridized carbons (Fsp3) is 0.0741. The number of amides is 1. The van der Waals surface area contributed by atoms with Gasteiger partial charge < -0.3 is 15.0 Å². The van der Waals surface area contributed by atoms with Crippen LogP contribution in [0.15, 0.2) is 73.2 Å². The van der Waals surface area contributed by atoms with Crippen LogP contribution in [0.3, 0.4) is 0 Å². The number of aromatic nitrogens is 2. The highest BCUT2D eigenvalue weighted by Crippen LogP contribution is 2.32. The molecule has 1 amide bonds. The number of phenolic OH excluding ortho intramolecular Hbond substituents is 1. The highest BCUT2D eigenvalue weighted by Gasteiger charge is 2.24. The Hall–Kier alpha value is -3.87. The standard InChI is InChI=1S/C27H19Cl2N3O3/c1-15-9-16-5-2-3-6-17(16)10-18(15)13-32-14-20(19-7-4-8-23(33)25(19)32)26(34)27(35)31-24-21(28)11-30-12-22(24)29/h2-12,14,33H,13H2,1H3,(H,30,31,35). The van der Waals surface area contributed by atoms with Gasteiger partial charge in [0.2, 0.25) is 0 Å². The highest BCUT2D eigenvalue weighted by atomic mass is 35.5. The molecule has 5 rings (SSSR count). The number of aromatic hydroxyl groups is 1. The predicted octanol–water partition coefficient (Wildman–Crippen LogP) is 6.38. The molecule has 2 heterocycles. The molecule has 0 aliphatic heterocycles. The van der Waals surface area contributed by atoms with Gasteiger partial charge in [0.15, 0.2) is 0 Å². The molecular formula is C27H19Cl2N3O3. The van der Waals surface area contributed by atoms with E-state index in [1.807, 2.05) is 25.1 Å². The lowest BCUT2D eigenvalue weighted by Gasteiger charge is -2.11. The number of pyridine rings is 1. The van der Waals surface area contributed by atoms with Crippen LogP contribution in [0.25, 0.3) is 21.7 Å². The number of phenols is 1. The summed E-state index contributed by atoms with van der Waals surface area (Å²) in [5, 5.41) is 16.0. The van der Waals surface area contributed by atoms with Crippen molar-refractivity contribution in [2.24, 2.45) is 0 Å². The van der Waals surface area contributed by atoms with Crippen LogP contribution in [0.1, 0.15) is 21.5 Å². The summed E-state index contributed by atoms with van der Waals surface area (Å²) in [4.78, 5) is 29.9. The quantitative estimate of drug-likeness (QED) is 0.215. The number of Topliss-reactive ketones (excluding diaryl/α,β-unsaturated/α-hetero) is 1. The first-order valence-electron chi connectivity index (χ1n) is 10.8. The minimum Gasteiger partial charge on any atom is -0.506 e. The van der Waals surface area contributed by atoms with Gasteiger partial charge in [0, 0.05) is 30.5 Å². The number of aryl methyl sites for hydroxylation is 1. The number of nitrogens with one attached hydrogen (secondary N) is 1. The topological polar surface area (TPSA) is 84.2 Å². The Morgan fingerprint density at radius 1 is 1.00 bits per heavy atom. The smallest absolute Gasteiger partial charge is 0.296 e. The molecule has 0 radical (unpaired) electrons. The Bertz CT molecular complexity index is 1620. The maximum Gasteiger partial charge on any atom is 0.296 e. The molecule has 35 heavy (non-hydrogen) atoms. The minimum absolute atomic E-state index is 0.0145. The van der Waals surface area contributed by atoms with Crippen LogP contribution in [-0.2, 0) is 11.3 Å². The number of rotatable bonds is 5. The molecule has 0 unspecified atom stereocenters. The fourth-order valence-electron chi connectivity index (χ4n) is 4.22. The number of carbonyl (C=O) groups is 2. The number of nitrogens with zero attached hydrogens (tertiary/aromatic N) is 2. The van der Waals surface area contributed by atoms with Gasteiger partial charge in [-0.1, -0.05) is 65.7 Å². The van der Waals surface area contributed by atoms with Crippen LogP contribution in [0.4, 0.5) is 5.69 Å². The Morgan fingerprint density at radius 3 is 2.40 bits per heavy atom. The van der Waals surface area contributed by atoms with Crippen LogP contribution >= 0.6 is 23.2 Å². The van der Waals surface area contributed by atoms with Crippen molar-refractivity contribution in [3.05, 3.63) is 99.9 Å². The van der Waals surface area contributed by atoms with E-state index in [-0.39, 0.29) is 27.0 Å². The maximum absolute atomic E-state index is 13.2. The molecule has 3 aromatic carbocycles. The van der Waals surface area contributed by atoms with Gasteiger partial charge in [-0.3, -0.25) is 14.6 Å². The first kappa shape index (κ1) is 22.9. The van der Waals surface area contributed by atoms with Gasteiger partial charge in [-0.15, -0.1) is 0 Å². The first-order chi connectivity index (χ1) is 16.8. The summed E-state index contributed by atoms with van der Waals surface area (Å²) in [7, 11) is 0. The van der Waals surface area contributed by atoms with Crippen molar-refractivity contribution >= 4 is 62.3 Å². The summed E-state index contributed by atoms with van der Waals surface area (Å²) < 4.78 is 1.79. The number of carbonyl (C=O) groups excluding carboxylic acids is 2. The van der Waals surface area contributed by atoms with E-state index in [0.717, 1.165) is 21.9 Å². The van der Waals surface area contributed by atoms with Gasteiger partial charge in [-0.25, -0.2) is 0 Å². The summed E-state index contributed by atoms with van der Waals surface area (Å²) in [6.45, 7) is 2.43. The second-order valence-electron chi connectivity index (χ2n) is 8.23. The lowest BCUT2D eigenvalue weighted by atomic mass is 10.0. The van der Waals surface area contributed by atoms with Crippen LogP contribution in [0.2, 0.25) is 10.0 Å². The van der Waals surface area contributed by atoms with Crippen LogP contribution in [0.5, 0.6) is 5.75 Å². The lowest BCUT2D eigenvalue weighted by Crippen LogP contribution is -2.23. The maximum atomic E-state index is 13.2. The van der Waals surface area contributed by atoms with Gasteiger partial charge in [-0.05, 0) is 41.0 Å². The van der Waals surface area contributed by atoms with Gasteiger partial charge in [0.05, 0.1) is 26.8 Å². The summed E-state index contributed by atoms with van der Waals surface area (Å²) in [6.07, 6.45) is 4.24. The van der Waals surface area contributed by atoms with Crippen LogP contribution in [-0.4, -0.2) is 26.3 Å². The lowest BCUT2D eigenvalue weighted by molar-refractivity contribution is -0.112. The molecule has 0 saturated carbocycles. The van der Waals surface area contributed by atoms with E-state index in [1.54, 1.807) is 29.0 Å². The van der Waals surface area contributed by atoms with Crippen molar-refractivity contribution in [1.29, 1.82) is 0 Å². The number of para-hydroxylation sites is 1. The average molecular weight is 504 g/mol. The van der Waals surface area contributed by atoms with Gasteiger partial charge in [-0.2, -0.15) is 0 Å². The van der Waals surface area contributed by atoms with Crippen molar-refractivity contribution in [3.8, 4) is 5.75 Å². The molecular weight excluding hydrogens is 485 g/mol. The molecule has 0 aliphatic rings. The Kier molecular flexibility index (Phi) is 5.93. The number of anilines is 1. The van der Waals surface area contributed by atoms with Gasteiger partial charge >= 0.3 is 0 Å². The van der Waals surface area contributed by atoms with Crippen molar-refractivity contribution in [2.75, 3.05) is 5.32 Å². The SMILES string of the molecule is Cc1cc2ccccc2cc1Cn1cc(C(=O)C(=O)Nc2c(Cl)cncc2Cl)c2cccc(O)c21. The molecule has 6 nitrogen and oxygen atoms in total.